The number of piperazine rings is 1. The molecular weight excluding hydrogens is 370 g/mol. The molecule has 1 aliphatic heterocycles. The number of nitrogens with zero attached hydrogens (tertiary/aromatic N) is 4. The van der Waals surface area contributed by atoms with E-state index in [9.17, 15) is 8.78 Å². The van der Waals surface area contributed by atoms with E-state index in [0.29, 0.717) is 13.1 Å². The molecule has 0 spiro atoms. The normalized spacial score (nSPS) is 15.3. The average Bonchev–Trinajstić information content (AvgIpc) is 2.63. The maximum absolute atomic E-state index is 14.5. The number of hydrogen-bond acceptors (Lipinski definition) is 5. The first-order valence-corrected chi connectivity index (χ1v) is 8.87. The molecule has 0 amide bonds. The summed E-state index contributed by atoms with van der Waals surface area (Å²) in [5.74, 6) is -1.24. The van der Waals surface area contributed by atoms with Crippen LogP contribution in [0.5, 0.6) is 0 Å². The van der Waals surface area contributed by atoms with Crippen molar-refractivity contribution in [2.45, 2.75) is 6.54 Å². The topological polar surface area (TPSA) is 69.8 Å². The van der Waals surface area contributed by atoms with Gasteiger partial charge in [-0.1, -0.05) is 6.07 Å². The van der Waals surface area contributed by atoms with Gasteiger partial charge in [0, 0.05) is 50.7 Å². The summed E-state index contributed by atoms with van der Waals surface area (Å²) in [6.07, 6.45) is 4.83. The number of thiocarbonyl (C=S) groups is 1. The number of hydrogen-bond donors (Lipinski definition) is 2. The number of nitrogens with one attached hydrogen (secondary N) is 1. The van der Waals surface area contributed by atoms with E-state index < -0.39 is 11.6 Å². The Balaban J connectivity index is 1.63. The highest BCUT2D eigenvalue weighted by atomic mass is 32.1. The number of halogens is 2. The minimum Gasteiger partial charge on any atom is -0.375 e. The van der Waals surface area contributed by atoms with E-state index in [0.717, 1.165) is 25.2 Å². The number of anilines is 1. The van der Waals surface area contributed by atoms with Crippen LogP contribution < -0.4 is 16.1 Å². The van der Waals surface area contributed by atoms with Gasteiger partial charge in [0.25, 0.3) is 0 Å². The fourth-order valence-electron chi connectivity index (χ4n) is 3.01. The van der Waals surface area contributed by atoms with E-state index in [4.69, 9.17) is 5.73 Å². The van der Waals surface area contributed by atoms with Crippen LogP contribution in [0.3, 0.4) is 0 Å². The molecular formula is C18H20F2N6S. The molecule has 1 saturated heterocycles. The third-order valence-electron chi connectivity index (χ3n) is 4.25. The summed E-state index contributed by atoms with van der Waals surface area (Å²) in [5.41, 5.74) is 8.99. The molecule has 0 saturated carbocycles. The molecule has 2 aromatic rings. The van der Waals surface area contributed by atoms with Gasteiger partial charge in [-0.2, -0.15) is 5.10 Å². The molecule has 0 radical (unpaired) electrons. The molecule has 0 bridgehead atoms. The van der Waals surface area contributed by atoms with Crippen LogP contribution in [0.1, 0.15) is 11.1 Å². The van der Waals surface area contributed by atoms with Crippen molar-refractivity contribution in [2.24, 2.45) is 10.8 Å². The van der Waals surface area contributed by atoms with E-state index in [-0.39, 0.29) is 16.4 Å². The molecule has 142 valence electrons. The number of pyridine rings is 1. The first-order valence-electron chi connectivity index (χ1n) is 8.46. The van der Waals surface area contributed by atoms with Crippen LogP contribution in [0.25, 0.3) is 0 Å². The Morgan fingerprint density at radius 2 is 1.96 bits per heavy atom. The van der Waals surface area contributed by atoms with Gasteiger partial charge in [0.15, 0.2) is 5.11 Å². The Bertz CT molecular complexity index is 799. The van der Waals surface area contributed by atoms with Gasteiger partial charge in [-0.05, 0) is 36.0 Å². The van der Waals surface area contributed by atoms with Crippen LogP contribution in [0.4, 0.5) is 14.5 Å². The highest BCUT2D eigenvalue weighted by molar-refractivity contribution is 7.80. The fourth-order valence-corrected chi connectivity index (χ4v) is 3.06. The zero-order valence-electron chi connectivity index (χ0n) is 14.6. The first kappa shape index (κ1) is 19.1. The third kappa shape index (κ3) is 5.18. The molecule has 1 aromatic carbocycles. The number of nitrogens with two attached hydrogens (primary N) is 1. The molecule has 3 rings (SSSR count). The lowest BCUT2D eigenvalue weighted by Crippen LogP contribution is -2.46. The molecule has 1 aliphatic rings. The summed E-state index contributed by atoms with van der Waals surface area (Å²) in [5, 5.41) is 3.70. The van der Waals surface area contributed by atoms with Crippen molar-refractivity contribution in [2.75, 3.05) is 31.1 Å². The Hall–Kier alpha value is -2.65. The summed E-state index contributed by atoms with van der Waals surface area (Å²) < 4.78 is 29.0. The molecule has 6 nitrogen and oxygen atoms in total. The second-order valence-corrected chi connectivity index (χ2v) is 6.63. The van der Waals surface area contributed by atoms with Gasteiger partial charge in [-0.15, -0.1) is 0 Å². The van der Waals surface area contributed by atoms with Crippen molar-refractivity contribution in [3.05, 3.63) is 59.4 Å². The smallest absolute Gasteiger partial charge is 0.184 e. The number of hydrazone groups is 1. The molecule has 0 unspecified atom stereocenters. The van der Waals surface area contributed by atoms with E-state index in [1.54, 1.807) is 11.1 Å². The Morgan fingerprint density at radius 3 is 2.56 bits per heavy atom. The summed E-state index contributed by atoms with van der Waals surface area (Å²) in [4.78, 5) is 8.09. The molecule has 27 heavy (non-hydrogen) atoms. The molecule has 2 heterocycles. The zero-order chi connectivity index (χ0) is 19.2. The van der Waals surface area contributed by atoms with E-state index >= 15 is 0 Å². The van der Waals surface area contributed by atoms with Gasteiger partial charge in [0.1, 0.15) is 17.3 Å². The van der Waals surface area contributed by atoms with Gasteiger partial charge < -0.3 is 10.6 Å². The van der Waals surface area contributed by atoms with Crippen molar-refractivity contribution in [3.8, 4) is 0 Å². The standard InChI is InChI=1S/C18H20F2N6S/c19-15-8-14(11-23-24-18(21)27)9-16(20)17(15)26-6-4-25(5-7-26)12-13-2-1-3-22-10-13/h1-3,8-11H,4-7,12H2,(H3,21,24,27)/b23-11+. The molecule has 9 heteroatoms. The second-order valence-electron chi connectivity index (χ2n) is 6.19. The summed E-state index contributed by atoms with van der Waals surface area (Å²) in [6, 6.07) is 6.40. The van der Waals surface area contributed by atoms with Crippen LogP contribution >= 0.6 is 12.2 Å². The lowest BCUT2D eigenvalue weighted by atomic mass is 10.1. The Kier molecular flexibility index (Phi) is 6.25. The van der Waals surface area contributed by atoms with Crippen LogP contribution in [0.15, 0.2) is 41.8 Å². The highest BCUT2D eigenvalue weighted by Gasteiger charge is 2.23. The zero-order valence-corrected chi connectivity index (χ0v) is 15.4. The number of benzene rings is 1. The summed E-state index contributed by atoms with van der Waals surface area (Å²) >= 11 is 4.61. The van der Waals surface area contributed by atoms with E-state index in [2.05, 4.69) is 32.6 Å². The Morgan fingerprint density at radius 1 is 1.26 bits per heavy atom. The first-order chi connectivity index (χ1) is 13.0. The van der Waals surface area contributed by atoms with Crippen molar-refractivity contribution >= 4 is 29.2 Å². The Labute approximate surface area is 161 Å². The predicted octanol–water partition coefficient (Wildman–Crippen LogP) is 1.85. The predicted molar refractivity (Wildman–Crippen MR) is 106 cm³/mol. The molecule has 1 aromatic heterocycles. The monoisotopic (exact) mass is 390 g/mol. The lowest BCUT2D eigenvalue weighted by molar-refractivity contribution is 0.248. The lowest BCUT2D eigenvalue weighted by Gasteiger charge is -2.36. The molecule has 0 atom stereocenters. The minimum absolute atomic E-state index is 0.00418. The maximum atomic E-state index is 14.5. The summed E-state index contributed by atoms with van der Waals surface area (Å²) in [6.45, 7) is 3.30. The van der Waals surface area contributed by atoms with Gasteiger partial charge >= 0.3 is 0 Å². The third-order valence-corrected chi connectivity index (χ3v) is 4.34. The molecule has 1 fully saturated rings. The van der Waals surface area contributed by atoms with Crippen molar-refractivity contribution in [3.63, 3.8) is 0 Å². The van der Waals surface area contributed by atoms with Crippen molar-refractivity contribution in [1.82, 2.24) is 15.3 Å². The summed E-state index contributed by atoms with van der Waals surface area (Å²) in [7, 11) is 0. The van der Waals surface area contributed by atoms with Crippen LogP contribution in [0.2, 0.25) is 0 Å². The van der Waals surface area contributed by atoms with Crippen molar-refractivity contribution in [1.29, 1.82) is 0 Å². The van der Waals surface area contributed by atoms with Crippen LogP contribution in [-0.4, -0.2) is 47.4 Å². The number of rotatable bonds is 5. The molecule has 0 aliphatic carbocycles. The van der Waals surface area contributed by atoms with Crippen LogP contribution in [-0.2, 0) is 6.54 Å². The maximum Gasteiger partial charge on any atom is 0.184 e. The second kappa shape index (κ2) is 8.83. The van der Waals surface area contributed by atoms with Crippen LogP contribution in [0, 0.1) is 11.6 Å². The van der Waals surface area contributed by atoms with Crippen molar-refractivity contribution < 1.29 is 8.78 Å². The average molecular weight is 390 g/mol. The highest BCUT2D eigenvalue weighted by Crippen LogP contribution is 2.26. The SMILES string of the molecule is NC(=S)N/N=C/c1cc(F)c(N2CCN(Cc3cccnc3)CC2)c(F)c1. The quantitative estimate of drug-likeness (QED) is 0.461. The van der Waals surface area contributed by atoms with Gasteiger partial charge in [0.2, 0.25) is 0 Å². The minimum atomic E-state index is -0.618. The van der Waals surface area contributed by atoms with E-state index in [1.807, 2.05) is 18.3 Å². The van der Waals surface area contributed by atoms with Gasteiger partial charge in [-0.25, -0.2) is 8.78 Å². The molecule has 3 N–H and O–H groups in total. The number of aromatic nitrogens is 1. The largest absolute Gasteiger partial charge is 0.375 e. The fraction of sp³-hybridized carbons (Fsp3) is 0.278. The van der Waals surface area contributed by atoms with E-state index in [1.165, 1.54) is 18.3 Å². The van der Waals surface area contributed by atoms with Gasteiger partial charge in [-0.3, -0.25) is 15.3 Å². The van der Waals surface area contributed by atoms with Gasteiger partial charge in [0.05, 0.1) is 6.21 Å².